The second-order valence-corrected chi connectivity index (χ2v) is 9.84. The van der Waals surface area contributed by atoms with E-state index in [9.17, 15) is 14.4 Å². The first-order valence-corrected chi connectivity index (χ1v) is 12.6. The average Bonchev–Trinajstić information content (AvgIpc) is 3.36. The van der Waals surface area contributed by atoms with E-state index in [0.29, 0.717) is 22.3 Å². The maximum absolute atomic E-state index is 13.3. The normalized spacial score (nSPS) is 11.2. The van der Waals surface area contributed by atoms with Crippen molar-refractivity contribution in [3.8, 4) is 16.9 Å². The van der Waals surface area contributed by atoms with Crippen molar-refractivity contribution in [3.05, 3.63) is 89.9 Å². The number of amides is 1. The van der Waals surface area contributed by atoms with Crippen molar-refractivity contribution >= 4 is 23.7 Å². The number of pyridine rings is 1. The maximum atomic E-state index is 13.3. The molecule has 1 N–H and O–H groups in total. The van der Waals surface area contributed by atoms with Crippen molar-refractivity contribution in [1.82, 2.24) is 14.7 Å². The minimum Gasteiger partial charge on any atom is -0.466 e. The lowest BCUT2D eigenvalue weighted by Crippen LogP contribution is -2.32. The molecule has 4 rings (SSSR count). The number of carbonyl (C=O) groups is 3. The number of nitrogens with one attached hydrogen (secondary N) is 1. The van der Waals surface area contributed by atoms with Gasteiger partial charge in [-0.15, -0.1) is 0 Å². The van der Waals surface area contributed by atoms with Gasteiger partial charge in [0.1, 0.15) is 17.0 Å². The largest absolute Gasteiger partial charge is 0.466 e. The van der Waals surface area contributed by atoms with Crippen LogP contribution in [0.3, 0.4) is 0 Å². The lowest BCUT2D eigenvalue weighted by Gasteiger charge is -2.19. The molecule has 0 spiro atoms. The van der Waals surface area contributed by atoms with Gasteiger partial charge in [0, 0.05) is 36.3 Å². The fraction of sp³-hybridized carbons (Fsp3) is 0.267. The number of hydrogen-bond donors (Lipinski definition) is 1. The van der Waals surface area contributed by atoms with Gasteiger partial charge in [-0.1, -0.05) is 36.4 Å². The molecule has 2 aromatic carbocycles. The fourth-order valence-electron chi connectivity index (χ4n) is 3.97. The molecule has 4 aromatic rings. The number of imidazole rings is 1. The van der Waals surface area contributed by atoms with E-state index in [0.717, 1.165) is 11.1 Å². The highest BCUT2D eigenvalue weighted by atomic mass is 16.6. The first kappa shape index (κ1) is 27.4. The fourth-order valence-corrected chi connectivity index (χ4v) is 3.97. The van der Waals surface area contributed by atoms with Crippen LogP contribution in [-0.2, 0) is 27.2 Å². The number of aromatic nitrogens is 2. The summed E-state index contributed by atoms with van der Waals surface area (Å²) in [5.74, 6) is -0.687. The van der Waals surface area contributed by atoms with E-state index in [4.69, 9.17) is 14.2 Å². The van der Waals surface area contributed by atoms with E-state index >= 15 is 0 Å². The molecule has 0 unspecified atom stereocenters. The first-order chi connectivity index (χ1) is 18.6. The number of para-hydroxylation sites is 1. The Morgan fingerprint density at radius 1 is 1.03 bits per heavy atom. The number of rotatable bonds is 8. The van der Waals surface area contributed by atoms with Gasteiger partial charge in [-0.25, -0.2) is 14.6 Å². The minimum atomic E-state index is -0.591. The molecule has 0 saturated carbocycles. The molecule has 0 aliphatic heterocycles. The van der Waals surface area contributed by atoms with Gasteiger partial charge in [-0.2, -0.15) is 0 Å². The molecule has 0 saturated heterocycles. The quantitative estimate of drug-likeness (QED) is 0.242. The van der Waals surface area contributed by atoms with Crippen molar-refractivity contribution in [2.24, 2.45) is 0 Å². The number of benzene rings is 2. The molecule has 9 heteroatoms. The Bertz CT molecular complexity index is 1500. The molecule has 2 aromatic heterocycles. The molecule has 9 nitrogen and oxygen atoms in total. The Kier molecular flexibility index (Phi) is 8.29. The van der Waals surface area contributed by atoms with Crippen LogP contribution in [0.1, 0.15) is 49.2 Å². The number of esters is 2. The molecule has 0 atom stereocenters. The van der Waals surface area contributed by atoms with Gasteiger partial charge < -0.3 is 23.9 Å². The Balaban J connectivity index is 1.59. The van der Waals surface area contributed by atoms with Gasteiger partial charge in [0.15, 0.2) is 0 Å². The van der Waals surface area contributed by atoms with Crippen molar-refractivity contribution in [1.29, 1.82) is 0 Å². The third-order valence-corrected chi connectivity index (χ3v) is 5.61. The summed E-state index contributed by atoms with van der Waals surface area (Å²) in [4.78, 5) is 41.8. The molecule has 2 heterocycles. The molecule has 202 valence electrons. The lowest BCUT2D eigenvalue weighted by molar-refractivity contribution is -0.142. The lowest BCUT2D eigenvalue weighted by atomic mass is 10.0. The van der Waals surface area contributed by atoms with Crippen LogP contribution in [0.5, 0.6) is 5.75 Å². The van der Waals surface area contributed by atoms with E-state index in [-0.39, 0.29) is 25.3 Å². The van der Waals surface area contributed by atoms with Gasteiger partial charge in [-0.3, -0.25) is 4.79 Å². The predicted octanol–water partition coefficient (Wildman–Crippen LogP) is 5.35. The second-order valence-electron chi connectivity index (χ2n) is 9.84. The monoisotopic (exact) mass is 529 g/mol. The van der Waals surface area contributed by atoms with Crippen LogP contribution in [0, 0.1) is 0 Å². The zero-order chi connectivity index (χ0) is 28.0. The van der Waals surface area contributed by atoms with E-state index in [2.05, 4.69) is 10.3 Å². The summed E-state index contributed by atoms with van der Waals surface area (Å²) in [7, 11) is 0. The maximum Gasteiger partial charge on any atom is 0.407 e. The van der Waals surface area contributed by atoms with Gasteiger partial charge >= 0.3 is 18.0 Å². The molecule has 0 aliphatic rings. The van der Waals surface area contributed by atoms with Crippen LogP contribution in [0.15, 0.2) is 73.2 Å². The van der Waals surface area contributed by atoms with Gasteiger partial charge in [0.25, 0.3) is 0 Å². The van der Waals surface area contributed by atoms with Crippen molar-refractivity contribution < 1.29 is 28.6 Å². The Labute approximate surface area is 226 Å². The smallest absolute Gasteiger partial charge is 0.407 e. The molecular formula is C30H31N3O6. The average molecular weight is 530 g/mol. The number of fused-ring (bicyclic) bond motifs is 1. The summed E-state index contributed by atoms with van der Waals surface area (Å²) < 4.78 is 17.8. The number of nitrogens with zero attached hydrogens (tertiary/aromatic N) is 2. The number of alkyl carbamates (subject to hydrolysis) is 1. The molecule has 39 heavy (non-hydrogen) atoms. The van der Waals surface area contributed by atoms with Crippen molar-refractivity contribution in [2.75, 3.05) is 6.61 Å². The Morgan fingerprint density at radius 2 is 1.82 bits per heavy atom. The molecule has 1 amide bonds. The van der Waals surface area contributed by atoms with E-state index in [1.165, 1.54) is 0 Å². The van der Waals surface area contributed by atoms with Gasteiger partial charge in [-0.05, 0) is 57.0 Å². The van der Waals surface area contributed by atoms with Gasteiger partial charge in [0.05, 0.1) is 18.6 Å². The SMILES string of the molecule is CCOC(=O)Cc1ccccc1OC(=O)c1cc(-c2cccc(CNC(=O)OC(C)(C)C)c2)c2nccn2c1. The van der Waals surface area contributed by atoms with Crippen LogP contribution in [0.25, 0.3) is 16.8 Å². The van der Waals surface area contributed by atoms with Crippen LogP contribution >= 0.6 is 0 Å². The Morgan fingerprint density at radius 3 is 2.59 bits per heavy atom. The summed E-state index contributed by atoms with van der Waals surface area (Å²) in [5, 5.41) is 2.76. The highest BCUT2D eigenvalue weighted by molar-refractivity contribution is 5.94. The van der Waals surface area contributed by atoms with Crippen molar-refractivity contribution in [3.63, 3.8) is 0 Å². The Hall–Kier alpha value is -4.66. The predicted molar refractivity (Wildman–Crippen MR) is 145 cm³/mol. The zero-order valence-corrected chi connectivity index (χ0v) is 22.4. The van der Waals surface area contributed by atoms with Crippen LogP contribution < -0.4 is 10.1 Å². The standard InChI is InChI=1S/C30H31N3O6/c1-5-37-26(34)17-22-10-6-7-12-25(22)38-28(35)23-16-24(27-31-13-14-33(27)19-23)21-11-8-9-20(15-21)18-32-29(36)39-30(2,3)4/h6-16,19H,5,17-18H2,1-4H3,(H,32,36). The highest BCUT2D eigenvalue weighted by Crippen LogP contribution is 2.27. The first-order valence-electron chi connectivity index (χ1n) is 12.6. The molecular weight excluding hydrogens is 498 g/mol. The molecule has 0 radical (unpaired) electrons. The highest BCUT2D eigenvalue weighted by Gasteiger charge is 2.18. The summed E-state index contributed by atoms with van der Waals surface area (Å²) in [5.41, 5.74) is 3.31. The van der Waals surface area contributed by atoms with Crippen molar-refractivity contribution in [2.45, 2.75) is 46.3 Å². The minimum absolute atomic E-state index is 0.00672. The topological polar surface area (TPSA) is 108 Å². The summed E-state index contributed by atoms with van der Waals surface area (Å²) in [6.07, 6.45) is 4.54. The molecule has 0 bridgehead atoms. The second kappa shape index (κ2) is 11.8. The zero-order valence-electron chi connectivity index (χ0n) is 22.4. The summed E-state index contributed by atoms with van der Waals surface area (Å²) in [6.45, 7) is 7.69. The van der Waals surface area contributed by atoms with Gasteiger partial charge in [0.2, 0.25) is 0 Å². The number of hydrogen-bond acceptors (Lipinski definition) is 7. The van der Waals surface area contributed by atoms with E-state index in [1.807, 2.05) is 24.3 Å². The molecule has 0 fully saturated rings. The number of ether oxygens (including phenoxy) is 3. The third kappa shape index (κ3) is 7.22. The summed E-state index contributed by atoms with van der Waals surface area (Å²) in [6, 6.07) is 16.2. The van der Waals surface area contributed by atoms with E-state index in [1.54, 1.807) is 81.0 Å². The van der Waals surface area contributed by atoms with Crippen LogP contribution in [0.2, 0.25) is 0 Å². The number of carbonyl (C=O) groups excluding carboxylic acids is 3. The molecule has 0 aliphatic carbocycles. The third-order valence-electron chi connectivity index (χ3n) is 5.61. The van der Waals surface area contributed by atoms with E-state index < -0.39 is 23.6 Å². The van der Waals surface area contributed by atoms with Crippen LogP contribution in [0.4, 0.5) is 4.79 Å². The summed E-state index contributed by atoms with van der Waals surface area (Å²) >= 11 is 0. The van der Waals surface area contributed by atoms with Crippen LogP contribution in [-0.4, -0.2) is 39.6 Å².